The second kappa shape index (κ2) is 4.61. The molecule has 0 radical (unpaired) electrons. The van der Waals surface area contributed by atoms with Crippen molar-refractivity contribution < 1.29 is 23.1 Å². The van der Waals surface area contributed by atoms with Crippen molar-refractivity contribution >= 4 is 21.9 Å². The minimum absolute atomic E-state index is 0.0133. The lowest BCUT2D eigenvalue weighted by Gasteiger charge is -2.07. The molecule has 0 amide bonds. The maximum absolute atomic E-state index is 13.1. The van der Waals surface area contributed by atoms with Gasteiger partial charge in [-0.25, -0.2) is 18.2 Å². The molecular formula is C8H5BrF3NO2. The molecule has 0 saturated carbocycles. The largest absolute Gasteiger partial charge is 0.481 e. The van der Waals surface area contributed by atoms with Crippen LogP contribution in [0.3, 0.4) is 0 Å². The van der Waals surface area contributed by atoms with Crippen LogP contribution in [-0.4, -0.2) is 16.1 Å². The van der Waals surface area contributed by atoms with Crippen LogP contribution in [0.25, 0.3) is 0 Å². The summed E-state index contributed by atoms with van der Waals surface area (Å²) in [5, 5.41) is 8.43. The van der Waals surface area contributed by atoms with Crippen molar-refractivity contribution in [2.45, 2.75) is 12.8 Å². The maximum Gasteiger partial charge on any atom is 0.309 e. The average molecular weight is 284 g/mol. The Labute approximate surface area is 91.1 Å². The van der Waals surface area contributed by atoms with Crippen LogP contribution in [0.1, 0.15) is 17.7 Å². The van der Waals surface area contributed by atoms with E-state index in [1.165, 1.54) is 0 Å². The average Bonchev–Trinajstić information content (AvgIpc) is 1.99. The van der Waals surface area contributed by atoms with Crippen LogP contribution in [0.4, 0.5) is 13.2 Å². The molecule has 15 heavy (non-hydrogen) atoms. The molecule has 0 aromatic carbocycles. The van der Waals surface area contributed by atoms with Crippen molar-refractivity contribution in [3.8, 4) is 0 Å². The fourth-order valence-electron chi connectivity index (χ4n) is 1.05. The zero-order valence-corrected chi connectivity index (χ0v) is 8.76. The van der Waals surface area contributed by atoms with Gasteiger partial charge in [-0.3, -0.25) is 4.79 Å². The lowest BCUT2D eigenvalue weighted by atomic mass is 10.1. The van der Waals surface area contributed by atoms with Crippen molar-refractivity contribution in [3.05, 3.63) is 27.7 Å². The smallest absolute Gasteiger partial charge is 0.309 e. The quantitative estimate of drug-likeness (QED) is 0.868. The summed E-state index contributed by atoms with van der Waals surface area (Å²) in [5.41, 5.74) is -1.43. The highest BCUT2D eigenvalue weighted by atomic mass is 79.9. The molecule has 0 atom stereocenters. The molecule has 82 valence electrons. The Hall–Kier alpha value is -1.11. The van der Waals surface area contributed by atoms with Gasteiger partial charge < -0.3 is 5.11 Å². The van der Waals surface area contributed by atoms with Gasteiger partial charge in [0.15, 0.2) is 0 Å². The molecule has 0 bridgehead atoms. The monoisotopic (exact) mass is 283 g/mol. The first-order valence-electron chi connectivity index (χ1n) is 3.76. The number of carboxylic acid groups (broad SMARTS) is 1. The first kappa shape index (κ1) is 12.0. The molecule has 0 aliphatic heterocycles. The third kappa shape index (κ3) is 2.92. The first-order chi connectivity index (χ1) is 6.91. The maximum atomic E-state index is 13.1. The Bertz CT molecular complexity index is 398. The number of aromatic nitrogens is 1. The van der Waals surface area contributed by atoms with Gasteiger partial charge in [-0.2, -0.15) is 0 Å². The lowest BCUT2D eigenvalue weighted by Crippen LogP contribution is -2.09. The zero-order valence-electron chi connectivity index (χ0n) is 7.18. The summed E-state index contributed by atoms with van der Waals surface area (Å²) in [6, 6.07) is 0.771. The minimum Gasteiger partial charge on any atom is -0.481 e. The van der Waals surface area contributed by atoms with E-state index in [1.807, 2.05) is 0 Å². The van der Waals surface area contributed by atoms with E-state index in [1.54, 1.807) is 0 Å². The normalized spacial score (nSPS) is 10.7. The van der Waals surface area contributed by atoms with Gasteiger partial charge in [-0.1, -0.05) is 0 Å². The van der Waals surface area contributed by atoms with Gasteiger partial charge in [0.05, 0.1) is 17.7 Å². The van der Waals surface area contributed by atoms with E-state index < -0.39 is 35.9 Å². The molecule has 1 rings (SSSR count). The molecule has 0 spiro atoms. The van der Waals surface area contributed by atoms with Crippen LogP contribution in [0, 0.1) is 5.82 Å². The first-order valence-corrected chi connectivity index (χ1v) is 4.56. The van der Waals surface area contributed by atoms with Gasteiger partial charge in [-0.05, 0) is 15.9 Å². The van der Waals surface area contributed by atoms with E-state index in [4.69, 9.17) is 5.11 Å². The van der Waals surface area contributed by atoms with Gasteiger partial charge in [-0.15, -0.1) is 0 Å². The van der Waals surface area contributed by atoms with Crippen molar-refractivity contribution in [2.24, 2.45) is 0 Å². The summed E-state index contributed by atoms with van der Waals surface area (Å²) in [5.74, 6) is -2.51. The summed E-state index contributed by atoms with van der Waals surface area (Å²) in [6.07, 6.45) is -3.82. The lowest BCUT2D eigenvalue weighted by molar-refractivity contribution is -0.136. The predicted molar refractivity (Wildman–Crippen MR) is 48.2 cm³/mol. The molecule has 1 aromatic rings. The van der Waals surface area contributed by atoms with Crippen LogP contribution in [0.5, 0.6) is 0 Å². The molecule has 0 unspecified atom stereocenters. The Morgan fingerprint density at radius 1 is 1.60 bits per heavy atom. The number of carboxylic acids is 1. The van der Waals surface area contributed by atoms with Crippen molar-refractivity contribution in [3.63, 3.8) is 0 Å². The van der Waals surface area contributed by atoms with E-state index in [0.717, 1.165) is 6.07 Å². The number of pyridine rings is 1. The molecular weight excluding hydrogens is 279 g/mol. The van der Waals surface area contributed by atoms with Crippen LogP contribution in [-0.2, 0) is 11.2 Å². The van der Waals surface area contributed by atoms with Gasteiger partial charge >= 0.3 is 5.97 Å². The highest BCUT2D eigenvalue weighted by molar-refractivity contribution is 9.10. The molecule has 7 heteroatoms. The number of nitrogens with zero attached hydrogens (tertiary/aromatic N) is 1. The van der Waals surface area contributed by atoms with Gasteiger partial charge in [0.1, 0.15) is 10.4 Å². The summed E-state index contributed by atoms with van der Waals surface area (Å²) >= 11 is 2.80. The molecule has 1 aromatic heterocycles. The summed E-state index contributed by atoms with van der Waals surface area (Å²) in [7, 11) is 0. The van der Waals surface area contributed by atoms with Crippen LogP contribution in [0.15, 0.2) is 10.7 Å². The van der Waals surface area contributed by atoms with Gasteiger partial charge in [0, 0.05) is 6.07 Å². The Kier molecular flexibility index (Phi) is 3.67. The third-order valence-corrected chi connectivity index (χ3v) is 2.00. The molecule has 1 heterocycles. The third-order valence-electron chi connectivity index (χ3n) is 1.59. The van der Waals surface area contributed by atoms with E-state index in [2.05, 4.69) is 20.9 Å². The Morgan fingerprint density at radius 3 is 2.67 bits per heavy atom. The van der Waals surface area contributed by atoms with Crippen LogP contribution in [0.2, 0.25) is 0 Å². The predicted octanol–water partition coefficient (Wildman–Crippen LogP) is 2.55. The van der Waals surface area contributed by atoms with Crippen LogP contribution >= 0.6 is 15.9 Å². The SMILES string of the molecule is O=C(O)Cc1nc(Br)cc(F)c1C(F)F. The van der Waals surface area contributed by atoms with Gasteiger partial charge in [0.25, 0.3) is 6.43 Å². The van der Waals surface area contributed by atoms with Crippen molar-refractivity contribution in [1.82, 2.24) is 4.98 Å². The fraction of sp³-hybridized carbons (Fsp3) is 0.250. The van der Waals surface area contributed by atoms with Crippen molar-refractivity contribution in [1.29, 1.82) is 0 Å². The van der Waals surface area contributed by atoms with E-state index in [-0.39, 0.29) is 4.60 Å². The van der Waals surface area contributed by atoms with E-state index >= 15 is 0 Å². The zero-order chi connectivity index (χ0) is 11.6. The Morgan fingerprint density at radius 2 is 2.20 bits per heavy atom. The molecule has 0 aliphatic rings. The number of alkyl halides is 2. The Balaban J connectivity index is 3.26. The summed E-state index contributed by atoms with van der Waals surface area (Å²) in [4.78, 5) is 13.9. The molecule has 3 nitrogen and oxygen atoms in total. The fourth-order valence-corrected chi connectivity index (χ4v) is 1.46. The molecule has 0 fully saturated rings. The number of rotatable bonds is 3. The standard InChI is InChI=1S/C8H5BrF3NO2/c9-5-1-3(10)7(8(11)12)4(13-5)2-6(14)15/h1,8H,2H2,(H,14,15). The summed E-state index contributed by atoms with van der Waals surface area (Å²) in [6.45, 7) is 0. The number of halogens is 4. The number of carbonyl (C=O) groups is 1. The van der Waals surface area contributed by atoms with Gasteiger partial charge in [0.2, 0.25) is 0 Å². The summed E-state index contributed by atoms with van der Waals surface area (Å²) < 4.78 is 37.8. The molecule has 0 saturated heterocycles. The van der Waals surface area contributed by atoms with Crippen molar-refractivity contribution in [2.75, 3.05) is 0 Å². The topological polar surface area (TPSA) is 50.2 Å². The highest BCUT2D eigenvalue weighted by Crippen LogP contribution is 2.27. The molecule has 1 N–H and O–H groups in total. The number of hydrogen-bond donors (Lipinski definition) is 1. The second-order valence-electron chi connectivity index (χ2n) is 2.66. The van der Waals surface area contributed by atoms with E-state index in [9.17, 15) is 18.0 Å². The minimum atomic E-state index is -3.08. The van der Waals surface area contributed by atoms with E-state index in [0.29, 0.717) is 0 Å². The number of aliphatic carboxylic acids is 1. The molecule has 0 aliphatic carbocycles. The number of hydrogen-bond acceptors (Lipinski definition) is 2. The second-order valence-corrected chi connectivity index (χ2v) is 3.47. The van der Waals surface area contributed by atoms with Crippen LogP contribution < -0.4 is 0 Å². The highest BCUT2D eigenvalue weighted by Gasteiger charge is 2.22.